The van der Waals surface area contributed by atoms with E-state index in [2.05, 4.69) is 5.32 Å². The van der Waals surface area contributed by atoms with Crippen molar-refractivity contribution in [3.8, 4) is 0 Å². The molecule has 0 aromatic heterocycles. The van der Waals surface area contributed by atoms with E-state index < -0.39 is 11.4 Å². The number of nitrogens with one attached hydrogen (secondary N) is 1. The van der Waals surface area contributed by atoms with Crippen LogP contribution < -0.4 is 5.32 Å². The Morgan fingerprint density at radius 1 is 1.47 bits per heavy atom. The molecule has 2 N–H and O–H groups in total. The van der Waals surface area contributed by atoms with E-state index in [-0.39, 0.29) is 11.9 Å². The Bertz CT molecular complexity index is 368. The van der Waals surface area contributed by atoms with Crippen molar-refractivity contribution in [2.45, 2.75) is 58.0 Å². The minimum atomic E-state index is -0.727. The van der Waals surface area contributed by atoms with Crippen molar-refractivity contribution in [2.75, 3.05) is 13.1 Å². The van der Waals surface area contributed by atoms with Crippen molar-refractivity contribution in [1.82, 2.24) is 10.2 Å². The van der Waals surface area contributed by atoms with E-state index in [0.717, 1.165) is 25.8 Å². The number of hydrogen-bond acceptors (Lipinski definition) is 3. The molecule has 2 atom stereocenters. The van der Waals surface area contributed by atoms with Crippen molar-refractivity contribution in [3.63, 3.8) is 0 Å². The van der Waals surface area contributed by atoms with Gasteiger partial charge in [-0.15, -0.1) is 0 Å². The number of amides is 1. The Hall–Kier alpha value is -1.10. The van der Waals surface area contributed by atoms with Crippen LogP contribution in [0, 0.1) is 5.41 Å². The molecular formula is C14H24N2O3. The second kappa shape index (κ2) is 5.49. The summed E-state index contributed by atoms with van der Waals surface area (Å²) in [6.45, 7) is 5.10. The van der Waals surface area contributed by atoms with Crippen LogP contribution in [0.1, 0.15) is 46.0 Å². The summed E-state index contributed by atoms with van der Waals surface area (Å²) < 4.78 is 0. The highest BCUT2D eigenvalue weighted by molar-refractivity contribution is 5.82. The van der Waals surface area contributed by atoms with Gasteiger partial charge in [-0.25, -0.2) is 0 Å². The maximum Gasteiger partial charge on any atom is 0.310 e. The van der Waals surface area contributed by atoms with E-state index in [0.29, 0.717) is 25.4 Å². The highest BCUT2D eigenvalue weighted by Crippen LogP contribution is 2.34. The lowest BCUT2D eigenvalue weighted by atomic mass is 9.77. The maximum absolute atomic E-state index is 12.1. The molecule has 0 aromatic rings. The van der Waals surface area contributed by atoms with Gasteiger partial charge in [0.05, 0.1) is 11.5 Å². The summed E-state index contributed by atoms with van der Waals surface area (Å²) in [5.41, 5.74) is -0.674. The van der Waals surface area contributed by atoms with Gasteiger partial charge >= 0.3 is 5.97 Å². The molecule has 1 heterocycles. The molecule has 2 fully saturated rings. The number of aliphatic carboxylic acids is 1. The lowest BCUT2D eigenvalue weighted by Gasteiger charge is -2.41. The number of carboxylic acid groups (broad SMARTS) is 1. The summed E-state index contributed by atoms with van der Waals surface area (Å²) in [6, 6.07) is 0.126. The van der Waals surface area contributed by atoms with E-state index in [4.69, 9.17) is 0 Å². The molecular weight excluding hydrogens is 244 g/mol. The van der Waals surface area contributed by atoms with Crippen LogP contribution in [0.5, 0.6) is 0 Å². The number of piperidine rings is 1. The standard InChI is InChI=1S/C14H24N2O3/c1-3-14(13(18)19)7-4-8-16(9-14)10(2)12(17)15-11-5-6-11/h10-11H,3-9H2,1-2H3,(H,15,17)(H,18,19). The van der Waals surface area contributed by atoms with Crippen molar-refractivity contribution < 1.29 is 14.7 Å². The van der Waals surface area contributed by atoms with E-state index in [1.165, 1.54) is 0 Å². The average Bonchev–Trinajstić information content (AvgIpc) is 3.21. The molecule has 5 nitrogen and oxygen atoms in total. The molecule has 108 valence electrons. The number of likely N-dealkylation sites (tertiary alicyclic amines) is 1. The molecule has 5 heteroatoms. The van der Waals surface area contributed by atoms with Gasteiger partial charge in [0.15, 0.2) is 0 Å². The zero-order chi connectivity index (χ0) is 14.0. The quantitative estimate of drug-likeness (QED) is 0.787. The molecule has 2 unspecified atom stereocenters. The smallest absolute Gasteiger partial charge is 0.310 e. The fourth-order valence-electron chi connectivity index (χ4n) is 2.83. The second-order valence-electron chi connectivity index (χ2n) is 5.97. The fraction of sp³-hybridized carbons (Fsp3) is 0.857. The predicted octanol–water partition coefficient (Wildman–Crippen LogP) is 1.23. The van der Waals surface area contributed by atoms with Crippen molar-refractivity contribution in [2.24, 2.45) is 5.41 Å². The largest absolute Gasteiger partial charge is 0.481 e. The first-order chi connectivity index (χ1) is 8.98. The van der Waals surface area contributed by atoms with Crippen LogP contribution in [0.25, 0.3) is 0 Å². The Balaban J connectivity index is 1.99. The van der Waals surface area contributed by atoms with Gasteiger partial charge in [0.1, 0.15) is 0 Å². The Labute approximate surface area is 114 Å². The third-order valence-electron chi connectivity index (χ3n) is 4.59. The number of nitrogens with zero attached hydrogens (tertiary/aromatic N) is 1. The summed E-state index contributed by atoms with van der Waals surface area (Å²) in [4.78, 5) is 25.6. The van der Waals surface area contributed by atoms with Gasteiger partial charge in [0.2, 0.25) is 5.91 Å². The average molecular weight is 268 g/mol. The van der Waals surface area contributed by atoms with Crippen molar-refractivity contribution in [3.05, 3.63) is 0 Å². The van der Waals surface area contributed by atoms with Gasteiger partial charge in [-0.1, -0.05) is 6.92 Å². The topological polar surface area (TPSA) is 69.6 Å². The monoisotopic (exact) mass is 268 g/mol. The third-order valence-corrected chi connectivity index (χ3v) is 4.59. The zero-order valence-corrected chi connectivity index (χ0v) is 11.8. The first-order valence-electron chi connectivity index (χ1n) is 7.26. The highest BCUT2D eigenvalue weighted by Gasteiger charge is 2.43. The minimum Gasteiger partial charge on any atom is -0.481 e. The van der Waals surface area contributed by atoms with E-state index >= 15 is 0 Å². The maximum atomic E-state index is 12.1. The van der Waals surface area contributed by atoms with E-state index in [1.54, 1.807) is 0 Å². The lowest BCUT2D eigenvalue weighted by molar-refractivity contribution is -0.154. The zero-order valence-electron chi connectivity index (χ0n) is 11.8. The SMILES string of the molecule is CCC1(C(=O)O)CCCN(C(C)C(=O)NC2CC2)C1. The van der Waals surface area contributed by atoms with Crippen LogP contribution in [0.15, 0.2) is 0 Å². The third kappa shape index (κ3) is 3.08. The molecule has 0 aromatic carbocycles. The number of rotatable bonds is 5. The van der Waals surface area contributed by atoms with E-state index in [1.807, 2.05) is 18.7 Å². The molecule has 1 aliphatic heterocycles. The fourth-order valence-corrected chi connectivity index (χ4v) is 2.83. The van der Waals surface area contributed by atoms with Crippen molar-refractivity contribution >= 4 is 11.9 Å². The first-order valence-corrected chi connectivity index (χ1v) is 7.26. The van der Waals surface area contributed by atoms with Gasteiger partial charge in [-0.3, -0.25) is 14.5 Å². The number of carbonyl (C=O) groups excluding carboxylic acids is 1. The van der Waals surface area contributed by atoms with Gasteiger partial charge in [0.25, 0.3) is 0 Å². The van der Waals surface area contributed by atoms with Crippen LogP contribution in [-0.2, 0) is 9.59 Å². The van der Waals surface area contributed by atoms with Crippen LogP contribution in [0.2, 0.25) is 0 Å². The Morgan fingerprint density at radius 2 is 2.16 bits per heavy atom. The van der Waals surface area contributed by atoms with Crippen LogP contribution >= 0.6 is 0 Å². The summed E-state index contributed by atoms with van der Waals surface area (Å²) in [6.07, 6.45) is 4.34. The molecule has 19 heavy (non-hydrogen) atoms. The Kier molecular flexibility index (Phi) is 4.13. The number of hydrogen-bond donors (Lipinski definition) is 2. The molecule has 2 rings (SSSR count). The normalized spacial score (nSPS) is 29.8. The lowest BCUT2D eigenvalue weighted by Crippen LogP contribution is -2.54. The molecule has 1 saturated heterocycles. The highest BCUT2D eigenvalue weighted by atomic mass is 16.4. The molecule has 1 aliphatic carbocycles. The molecule has 0 bridgehead atoms. The van der Waals surface area contributed by atoms with Gasteiger partial charge in [0, 0.05) is 12.6 Å². The van der Waals surface area contributed by atoms with Crippen LogP contribution in [0.3, 0.4) is 0 Å². The van der Waals surface area contributed by atoms with E-state index in [9.17, 15) is 14.7 Å². The molecule has 1 amide bonds. The second-order valence-corrected chi connectivity index (χ2v) is 5.97. The summed E-state index contributed by atoms with van der Waals surface area (Å²) >= 11 is 0. The Morgan fingerprint density at radius 3 is 2.68 bits per heavy atom. The van der Waals surface area contributed by atoms with Gasteiger partial charge < -0.3 is 10.4 Å². The summed E-state index contributed by atoms with van der Waals surface area (Å²) in [7, 11) is 0. The summed E-state index contributed by atoms with van der Waals surface area (Å²) in [5.74, 6) is -0.686. The van der Waals surface area contributed by atoms with Gasteiger partial charge in [-0.05, 0) is 45.6 Å². The molecule has 0 spiro atoms. The molecule has 2 aliphatic rings. The predicted molar refractivity (Wildman–Crippen MR) is 71.8 cm³/mol. The minimum absolute atomic E-state index is 0.0415. The summed E-state index contributed by atoms with van der Waals surface area (Å²) in [5, 5.41) is 12.5. The van der Waals surface area contributed by atoms with Crippen LogP contribution in [-0.4, -0.2) is 47.1 Å². The van der Waals surface area contributed by atoms with Crippen molar-refractivity contribution in [1.29, 1.82) is 0 Å². The molecule has 0 radical (unpaired) electrons. The number of carbonyl (C=O) groups is 2. The van der Waals surface area contributed by atoms with Gasteiger partial charge in [-0.2, -0.15) is 0 Å². The first kappa shape index (κ1) is 14.3. The van der Waals surface area contributed by atoms with Crippen LogP contribution in [0.4, 0.5) is 0 Å². The molecule has 1 saturated carbocycles. The number of carboxylic acids is 1.